The normalized spacial score (nSPS) is 9.73. The van der Waals surface area contributed by atoms with Gasteiger partial charge >= 0.3 is 0 Å². The Kier molecular flexibility index (Phi) is 7.00. The highest BCUT2D eigenvalue weighted by molar-refractivity contribution is 5.32. The predicted octanol–water partition coefficient (Wildman–Crippen LogP) is 1.05. The van der Waals surface area contributed by atoms with Crippen LogP contribution in [-0.4, -0.2) is 37.2 Å². The molecule has 0 aromatic heterocycles. The van der Waals surface area contributed by atoms with Crippen LogP contribution in [0.5, 0.6) is 0 Å². The highest BCUT2D eigenvalue weighted by atomic mass is 16.1. The molecule has 0 aliphatic rings. The average Bonchev–Trinajstić information content (AvgIpc) is 2.05. The first-order valence-electron chi connectivity index (χ1n) is 4.11. The molecule has 0 aliphatic heterocycles. The Morgan fingerprint density at radius 1 is 1.36 bits per heavy atom. The van der Waals surface area contributed by atoms with Gasteiger partial charge in [0.1, 0.15) is 0 Å². The highest BCUT2D eigenvalue weighted by Gasteiger charge is 1.96. The van der Waals surface area contributed by atoms with Gasteiger partial charge in [0.2, 0.25) is 6.08 Å². The molecule has 0 heterocycles. The molecule has 0 radical (unpaired) electrons. The fourth-order valence-electron chi connectivity index (χ4n) is 0.959. The van der Waals surface area contributed by atoms with Crippen LogP contribution in [0, 0.1) is 0 Å². The van der Waals surface area contributed by atoms with E-state index in [4.69, 9.17) is 0 Å². The number of rotatable bonds is 6. The second-order valence-corrected chi connectivity index (χ2v) is 2.35. The second-order valence-electron chi connectivity index (χ2n) is 2.35. The van der Waals surface area contributed by atoms with Gasteiger partial charge in [0, 0.05) is 0 Å². The molecule has 0 rings (SSSR count). The van der Waals surface area contributed by atoms with Gasteiger partial charge in [-0.15, -0.1) is 0 Å². The molecule has 64 valence electrons. The summed E-state index contributed by atoms with van der Waals surface area (Å²) >= 11 is 0. The SMILES string of the molecule is CCN(CC)CCCN=C=O. The smallest absolute Gasteiger partial charge is 0.234 e. The van der Waals surface area contributed by atoms with E-state index in [1.54, 1.807) is 0 Å². The molecule has 0 aliphatic carbocycles. The largest absolute Gasteiger partial charge is 0.304 e. The maximum atomic E-state index is 9.68. The molecule has 0 saturated carbocycles. The lowest BCUT2D eigenvalue weighted by atomic mass is 10.4. The minimum absolute atomic E-state index is 0.611. The van der Waals surface area contributed by atoms with E-state index in [0.29, 0.717) is 6.54 Å². The Morgan fingerprint density at radius 2 is 2.00 bits per heavy atom. The maximum absolute atomic E-state index is 9.68. The molecule has 0 atom stereocenters. The predicted molar refractivity (Wildman–Crippen MR) is 45.4 cm³/mol. The first kappa shape index (κ1) is 10.3. The third kappa shape index (κ3) is 5.77. The van der Waals surface area contributed by atoms with Crippen molar-refractivity contribution in [1.82, 2.24) is 4.90 Å². The summed E-state index contributed by atoms with van der Waals surface area (Å²) in [5.41, 5.74) is 0. The van der Waals surface area contributed by atoms with Crippen molar-refractivity contribution in [1.29, 1.82) is 0 Å². The Bertz CT molecular complexity index is 126. The topological polar surface area (TPSA) is 32.7 Å². The molecule has 3 nitrogen and oxygen atoms in total. The minimum atomic E-state index is 0.611. The first-order chi connectivity index (χ1) is 5.35. The van der Waals surface area contributed by atoms with E-state index in [2.05, 4.69) is 23.7 Å². The first-order valence-corrected chi connectivity index (χ1v) is 4.11. The lowest BCUT2D eigenvalue weighted by molar-refractivity contribution is 0.302. The number of hydrogen-bond donors (Lipinski definition) is 0. The fraction of sp³-hybridized carbons (Fsp3) is 0.875. The summed E-state index contributed by atoms with van der Waals surface area (Å²) in [7, 11) is 0. The van der Waals surface area contributed by atoms with Gasteiger partial charge in [-0.25, -0.2) is 9.79 Å². The number of aliphatic imine (C=N–C) groups is 1. The molecule has 0 fully saturated rings. The minimum Gasteiger partial charge on any atom is -0.304 e. The van der Waals surface area contributed by atoms with E-state index in [1.165, 1.54) is 6.08 Å². The molecular formula is C8H16N2O. The molecular weight excluding hydrogens is 140 g/mol. The zero-order valence-electron chi connectivity index (χ0n) is 7.34. The molecule has 0 bridgehead atoms. The van der Waals surface area contributed by atoms with Crippen LogP contribution in [-0.2, 0) is 4.79 Å². The zero-order chi connectivity index (χ0) is 8.53. The summed E-state index contributed by atoms with van der Waals surface area (Å²) in [5.74, 6) is 0. The van der Waals surface area contributed by atoms with Gasteiger partial charge in [-0.2, -0.15) is 0 Å². The van der Waals surface area contributed by atoms with Crippen molar-refractivity contribution in [2.75, 3.05) is 26.2 Å². The Labute approximate surface area is 68.1 Å². The van der Waals surface area contributed by atoms with Crippen molar-refractivity contribution >= 4 is 6.08 Å². The molecule has 0 saturated heterocycles. The van der Waals surface area contributed by atoms with Gasteiger partial charge in [-0.3, -0.25) is 0 Å². The molecule has 0 unspecified atom stereocenters. The van der Waals surface area contributed by atoms with E-state index in [1.807, 2.05) is 0 Å². The van der Waals surface area contributed by atoms with Crippen LogP contribution >= 0.6 is 0 Å². The van der Waals surface area contributed by atoms with Crippen molar-refractivity contribution in [2.45, 2.75) is 20.3 Å². The van der Waals surface area contributed by atoms with Crippen molar-refractivity contribution in [2.24, 2.45) is 4.99 Å². The monoisotopic (exact) mass is 156 g/mol. The fourth-order valence-corrected chi connectivity index (χ4v) is 0.959. The van der Waals surface area contributed by atoms with Crippen LogP contribution in [0.15, 0.2) is 4.99 Å². The molecule has 3 heteroatoms. The van der Waals surface area contributed by atoms with E-state index < -0.39 is 0 Å². The Hall–Kier alpha value is -0.660. The molecule has 11 heavy (non-hydrogen) atoms. The summed E-state index contributed by atoms with van der Waals surface area (Å²) in [5, 5.41) is 0. The van der Waals surface area contributed by atoms with Gasteiger partial charge in [-0.1, -0.05) is 13.8 Å². The molecule has 0 aromatic rings. The van der Waals surface area contributed by atoms with Gasteiger partial charge in [0.05, 0.1) is 6.54 Å². The van der Waals surface area contributed by atoms with E-state index >= 15 is 0 Å². The lowest BCUT2D eigenvalue weighted by Gasteiger charge is -2.16. The van der Waals surface area contributed by atoms with Gasteiger partial charge < -0.3 is 4.90 Å². The van der Waals surface area contributed by atoms with Crippen molar-refractivity contribution < 1.29 is 4.79 Å². The van der Waals surface area contributed by atoms with E-state index in [0.717, 1.165) is 26.1 Å². The summed E-state index contributed by atoms with van der Waals surface area (Å²) < 4.78 is 0. The average molecular weight is 156 g/mol. The maximum Gasteiger partial charge on any atom is 0.234 e. The Balaban J connectivity index is 3.27. The molecule has 0 amide bonds. The number of carbonyl (C=O) groups excluding carboxylic acids is 1. The van der Waals surface area contributed by atoms with Gasteiger partial charge in [0.15, 0.2) is 0 Å². The quantitative estimate of drug-likeness (QED) is 0.327. The summed E-state index contributed by atoms with van der Waals surface area (Å²) in [6.07, 6.45) is 2.49. The van der Waals surface area contributed by atoms with Crippen LogP contribution in [0.3, 0.4) is 0 Å². The number of hydrogen-bond acceptors (Lipinski definition) is 3. The highest BCUT2D eigenvalue weighted by Crippen LogP contribution is 1.89. The number of nitrogens with zero attached hydrogens (tertiary/aromatic N) is 2. The summed E-state index contributed by atoms with van der Waals surface area (Å²) in [6.45, 7) is 8.04. The van der Waals surface area contributed by atoms with Crippen molar-refractivity contribution in [3.63, 3.8) is 0 Å². The van der Waals surface area contributed by atoms with Crippen LogP contribution in [0.2, 0.25) is 0 Å². The summed E-state index contributed by atoms with van der Waals surface area (Å²) in [4.78, 5) is 15.5. The third-order valence-electron chi connectivity index (χ3n) is 1.70. The number of isocyanates is 1. The standard InChI is InChI=1S/C8H16N2O/c1-3-10(4-2)7-5-6-9-8-11/h3-7H2,1-2H3. The summed E-state index contributed by atoms with van der Waals surface area (Å²) in [6, 6.07) is 0. The van der Waals surface area contributed by atoms with Crippen LogP contribution in [0.4, 0.5) is 0 Å². The second kappa shape index (κ2) is 7.45. The molecule has 0 N–H and O–H groups in total. The van der Waals surface area contributed by atoms with E-state index in [-0.39, 0.29) is 0 Å². The Morgan fingerprint density at radius 3 is 2.45 bits per heavy atom. The van der Waals surface area contributed by atoms with Crippen molar-refractivity contribution in [3.05, 3.63) is 0 Å². The zero-order valence-corrected chi connectivity index (χ0v) is 7.34. The van der Waals surface area contributed by atoms with Gasteiger partial charge in [0.25, 0.3) is 0 Å². The molecule has 0 aromatic carbocycles. The van der Waals surface area contributed by atoms with Crippen LogP contribution in [0.1, 0.15) is 20.3 Å². The van der Waals surface area contributed by atoms with Gasteiger partial charge in [-0.05, 0) is 26.1 Å². The third-order valence-corrected chi connectivity index (χ3v) is 1.70. The van der Waals surface area contributed by atoms with Crippen LogP contribution in [0.25, 0.3) is 0 Å². The van der Waals surface area contributed by atoms with Crippen LogP contribution < -0.4 is 0 Å². The van der Waals surface area contributed by atoms with E-state index in [9.17, 15) is 4.79 Å². The van der Waals surface area contributed by atoms with Crippen molar-refractivity contribution in [3.8, 4) is 0 Å². The molecule has 0 spiro atoms. The lowest BCUT2D eigenvalue weighted by Crippen LogP contribution is -2.24.